The monoisotopic (exact) mass is 360 g/mol. The zero-order valence-electron chi connectivity index (χ0n) is 14.7. The molecule has 0 N–H and O–H groups in total. The van der Waals surface area contributed by atoms with Crippen molar-refractivity contribution in [2.45, 2.75) is 56.7 Å². The molecule has 0 aromatic carbocycles. The Morgan fingerprint density at radius 2 is 2.04 bits per heavy atom. The molecule has 2 bridgehead atoms. The molecule has 7 heteroatoms. The SMILES string of the molecule is C=C(C)C(=O)O[C@H]1CC2=CC(C[C@@]3(C)O[C@H]3[C@H]3OC(=O)C(=C)C13)OC2=O. The lowest BCUT2D eigenvalue weighted by Gasteiger charge is -2.27. The summed E-state index contributed by atoms with van der Waals surface area (Å²) >= 11 is 0. The molecule has 26 heavy (non-hydrogen) atoms. The summed E-state index contributed by atoms with van der Waals surface area (Å²) < 4.78 is 22.3. The Bertz CT molecular complexity index is 779. The molecule has 3 heterocycles. The van der Waals surface area contributed by atoms with E-state index < -0.39 is 47.7 Å². The molecule has 4 rings (SSSR count). The van der Waals surface area contributed by atoms with Gasteiger partial charge in [0.2, 0.25) is 0 Å². The number of hydrogen-bond donors (Lipinski definition) is 0. The van der Waals surface area contributed by atoms with E-state index in [0.717, 1.165) is 0 Å². The number of esters is 3. The summed E-state index contributed by atoms with van der Waals surface area (Å²) in [5.74, 6) is -2.17. The number of ether oxygens (including phenoxy) is 4. The molecule has 0 spiro atoms. The Morgan fingerprint density at radius 1 is 1.31 bits per heavy atom. The second-order valence-electron chi connectivity index (χ2n) is 7.54. The molecule has 2 saturated heterocycles. The van der Waals surface area contributed by atoms with Crippen LogP contribution in [0.5, 0.6) is 0 Å². The van der Waals surface area contributed by atoms with Crippen molar-refractivity contribution in [2.24, 2.45) is 5.92 Å². The van der Waals surface area contributed by atoms with Crippen LogP contribution in [0.25, 0.3) is 0 Å². The van der Waals surface area contributed by atoms with Crippen molar-refractivity contribution in [1.82, 2.24) is 0 Å². The molecule has 0 aromatic heterocycles. The van der Waals surface area contributed by atoms with E-state index in [4.69, 9.17) is 18.9 Å². The highest BCUT2D eigenvalue weighted by atomic mass is 16.7. The van der Waals surface area contributed by atoms with Crippen LogP contribution in [-0.2, 0) is 33.3 Å². The third-order valence-electron chi connectivity index (χ3n) is 5.44. The summed E-state index contributed by atoms with van der Waals surface area (Å²) in [6.45, 7) is 10.8. The minimum Gasteiger partial charge on any atom is -0.458 e. The molecular formula is C19H20O7. The minimum absolute atomic E-state index is 0.120. The van der Waals surface area contributed by atoms with E-state index in [9.17, 15) is 14.4 Å². The zero-order chi connectivity index (χ0) is 18.8. The molecule has 0 amide bonds. The van der Waals surface area contributed by atoms with Crippen LogP contribution < -0.4 is 0 Å². The first kappa shape index (κ1) is 17.0. The molecule has 1 aliphatic carbocycles. The number of hydrogen-bond acceptors (Lipinski definition) is 7. The van der Waals surface area contributed by atoms with E-state index in [1.807, 2.05) is 6.92 Å². The quantitative estimate of drug-likeness (QED) is 0.318. The number of carbonyl (C=O) groups excluding carboxylic acids is 3. The first-order valence-electron chi connectivity index (χ1n) is 8.55. The van der Waals surface area contributed by atoms with E-state index in [2.05, 4.69) is 13.2 Å². The van der Waals surface area contributed by atoms with Gasteiger partial charge >= 0.3 is 17.9 Å². The molecule has 138 valence electrons. The predicted molar refractivity (Wildman–Crippen MR) is 87.7 cm³/mol. The van der Waals surface area contributed by atoms with Gasteiger partial charge in [-0.15, -0.1) is 0 Å². The third-order valence-corrected chi connectivity index (χ3v) is 5.44. The van der Waals surface area contributed by atoms with Crippen molar-refractivity contribution in [1.29, 1.82) is 0 Å². The Balaban J connectivity index is 1.74. The highest BCUT2D eigenvalue weighted by molar-refractivity contribution is 5.93. The molecule has 0 radical (unpaired) electrons. The van der Waals surface area contributed by atoms with Crippen LogP contribution in [0, 0.1) is 5.92 Å². The summed E-state index contributed by atoms with van der Waals surface area (Å²) in [6, 6.07) is 0. The van der Waals surface area contributed by atoms with Crippen LogP contribution >= 0.6 is 0 Å². The van der Waals surface area contributed by atoms with Crippen LogP contribution in [0.3, 0.4) is 0 Å². The smallest absolute Gasteiger partial charge is 0.334 e. The van der Waals surface area contributed by atoms with Gasteiger partial charge < -0.3 is 18.9 Å². The molecule has 4 aliphatic rings. The van der Waals surface area contributed by atoms with Crippen LogP contribution in [-0.4, -0.2) is 47.9 Å². The van der Waals surface area contributed by atoms with Crippen molar-refractivity contribution in [2.75, 3.05) is 0 Å². The Labute approximate surface area is 150 Å². The summed E-state index contributed by atoms with van der Waals surface area (Å²) in [5, 5.41) is 0. The molecule has 7 nitrogen and oxygen atoms in total. The lowest BCUT2D eigenvalue weighted by molar-refractivity contribution is -0.149. The third kappa shape index (κ3) is 2.58. The fraction of sp³-hybridized carbons (Fsp3) is 0.526. The van der Waals surface area contributed by atoms with E-state index in [0.29, 0.717) is 12.0 Å². The minimum atomic E-state index is -0.799. The van der Waals surface area contributed by atoms with Crippen LogP contribution in [0.4, 0.5) is 0 Å². The molecule has 2 unspecified atom stereocenters. The maximum Gasteiger partial charge on any atom is 0.334 e. The van der Waals surface area contributed by atoms with Crippen LogP contribution in [0.15, 0.2) is 36.0 Å². The van der Waals surface area contributed by atoms with Gasteiger partial charge in [0.25, 0.3) is 0 Å². The Hall–Kier alpha value is -2.41. The van der Waals surface area contributed by atoms with E-state index in [1.54, 1.807) is 6.08 Å². The first-order chi connectivity index (χ1) is 12.2. The van der Waals surface area contributed by atoms with Crippen molar-refractivity contribution < 1.29 is 33.3 Å². The van der Waals surface area contributed by atoms with E-state index in [-0.39, 0.29) is 23.7 Å². The van der Waals surface area contributed by atoms with Crippen molar-refractivity contribution in [3.8, 4) is 0 Å². The average Bonchev–Trinajstić information content (AvgIpc) is 2.96. The molecule has 0 saturated carbocycles. The van der Waals surface area contributed by atoms with Gasteiger partial charge in [-0.2, -0.15) is 0 Å². The summed E-state index contributed by atoms with van der Waals surface area (Å²) in [7, 11) is 0. The molecule has 2 fully saturated rings. The molecule has 6 atom stereocenters. The number of fused-ring (bicyclic) bond motifs is 4. The van der Waals surface area contributed by atoms with Gasteiger partial charge in [0.1, 0.15) is 24.4 Å². The fourth-order valence-electron chi connectivity index (χ4n) is 4.02. The van der Waals surface area contributed by atoms with Gasteiger partial charge in [-0.25, -0.2) is 14.4 Å². The lowest BCUT2D eigenvalue weighted by atomic mass is 9.82. The maximum atomic E-state index is 12.2. The van der Waals surface area contributed by atoms with Gasteiger partial charge in [-0.3, -0.25) is 0 Å². The van der Waals surface area contributed by atoms with Gasteiger partial charge in [-0.05, 0) is 19.9 Å². The zero-order valence-corrected chi connectivity index (χ0v) is 14.7. The van der Waals surface area contributed by atoms with E-state index in [1.165, 1.54) is 6.92 Å². The standard InChI is InChI=1S/C19H20O7/c1-8(2)16(20)24-12-6-10-5-11(23-18(10)22)7-19(4)15(26-19)14-13(12)9(3)17(21)25-14/h5,11-15H,1,3,6-7H2,2,4H3/t11?,12-,13?,14-,15-,19+/m0/s1. The van der Waals surface area contributed by atoms with Crippen LogP contribution in [0.1, 0.15) is 26.7 Å². The summed E-state index contributed by atoms with van der Waals surface area (Å²) in [5.41, 5.74) is 0.285. The van der Waals surface area contributed by atoms with Crippen LogP contribution in [0.2, 0.25) is 0 Å². The normalized spacial score (nSPS) is 40.6. The molecule has 3 aliphatic heterocycles. The topological polar surface area (TPSA) is 91.4 Å². The number of epoxide rings is 1. The largest absolute Gasteiger partial charge is 0.458 e. The maximum absolute atomic E-state index is 12.2. The molecular weight excluding hydrogens is 340 g/mol. The van der Waals surface area contributed by atoms with Gasteiger partial charge in [0, 0.05) is 29.6 Å². The summed E-state index contributed by atoms with van der Waals surface area (Å²) in [4.78, 5) is 36.5. The van der Waals surface area contributed by atoms with Crippen molar-refractivity contribution in [3.63, 3.8) is 0 Å². The second-order valence-corrected chi connectivity index (χ2v) is 7.54. The summed E-state index contributed by atoms with van der Waals surface area (Å²) in [6.07, 6.45) is 0.167. The lowest BCUT2D eigenvalue weighted by Crippen LogP contribution is -2.39. The average molecular weight is 360 g/mol. The Morgan fingerprint density at radius 3 is 2.73 bits per heavy atom. The highest BCUT2D eigenvalue weighted by Gasteiger charge is 2.65. The van der Waals surface area contributed by atoms with Crippen molar-refractivity contribution in [3.05, 3.63) is 36.0 Å². The van der Waals surface area contributed by atoms with Gasteiger partial charge in [-0.1, -0.05) is 13.2 Å². The fourth-order valence-corrected chi connectivity index (χ4v) is 4.02. The highest BCUT2D eigenvalue weighted by Crippen LogP contribution is 2.51. The second kappa shape index (κ2) is 5.54. The first-order valence-corrected chi connectivity index (χ1v) is 8.55. The van der Waals surface area contributed by atoms with Gasteiger partial charge in [0.05, 0.1) is 11.5 Å². The molecule has 0 aromatic rings. The number of carbonyl (C=O) groups is 3. The van der Waals surface area contributed by atoms with Gasteiger partial charge in [0.15, 0.2) is 0 Å². The Kier molecular flexibility index (Phi) is 3.63. The van der Waals surface area contributed by atoms with E-state index >= 15 is 0 Å². The predicted octanol–water partition coefficient (Wildman–Crippen LogP) is 1.38. The van der Waals surface area contributed by atoms with Crippen molar-refractivity contribution >= 4 is 17.9 Å². The number of rotatable bonds is 2.